The number of nitrogens with zero attached hydrogens (tertiary/aromatic N) is 1. The molecule has 0 saturated carbocycles. The van der Waals surface area contributed by atoms with E-state index in [0.29, 0.717) is 5.56 Å². The van der Waals surface area contributed by atoms with Crippen molar-refractivity contribution in [3.63, 3.8) is 0 Å². The van der Waals surface area contributed by atoms with Crippen LogP contribution in [0.15, 0.2) is 42.7 Å². The molecule has 80 valence electrons. The fraction of sp³-hybridized carbons (Fsp3) is 0. The Kier molecular flexibility index (Phi) is 2.97. The van der Waals surface area contributed by atoms with Crippen LogP contribution in [0.2, 0.25) is 5.02 Å². The summed E-state index contributed by atoms with van der Waals surface area (Å²) in [5, 5.41) is -0.0556. The van der Waals surface area contributed by atoms with Crippen molar-refractivity contribution in [3.05, 3.63) is 64.7 Å². The maximum atomic E-state index is 13.6. The number of pyridine rings is 1. The largest absolute Gasteiger partial charge is 0.288 e. The summed E-state index contributed by atoms with van der Waals surface area (Å²) in [6.07, 6.45) is 2.96. The number of carbonyl (C=O) groups excluding carboxylic acids is 1. The van der Waals surface area contributed by atoms with Crippen molar-refractivity contribution in [2.45, 2.75) is 0 Å². The minimum absolute atomic E-state index is 0.0290. The molecule has 0 fully saturated rings. The Morgan fingerprint density at radius 3 is 2.56 bits per heavy atom. The van der Waals surface area contributed by atoms with Crippen LogP contribution in [0.5, 0.6) is 0 Å². The van der Waals surface area contributed by atoms with Crippen LogP contribution in [-0.4, -0.2) is 10.8 Å². The maximum absolute atomic E-state index is 13.6. The zero-order valence-electron chi connectivity index (χ0n) is 8.15. The molecule has 0 amide bonds. The van der Waals surface area contributed by atoms with Crippen molar-refractivity contribution in [1.82, 2.24) is 4.98 Å². The summed E-state index contributed by atoms with van der Waals surface area (Å²) in [5.74, 6) is -1.09. The van der Waals surface area contributed by atoms with Gasteiger partial charge in [0.2, 0.25) is 0 Å². The van der Waals surface area contributed by atoms with E-state index in [1.807, 2.05) is 0 Å². The molecule has 4 heteroatoms. The van der Waals surface area contributed by atoms with Crippen LogP contribution in [0, 0.1) is 5.82 Å². The van der Waals surface area contributed by atoms with Crippen molar-refractivity contribution in [3.8, 4) is 0 Å². The van der Waals surface area contributed by atoms with Gasteiger partial charge in [-0.2, -0.15) is 0 Å². The normalized spacial score (nSPS) is 10.1. The van der Waals surface area contributed by atoms with E-state index in [2.05, 4.69) is 4.98 Å². The van der Waals surface area contributed by atoms with Gasteiger partial charge in [-0.25, -0.2) is 4.39 Å². The van der Waals surface area contributed by atoms with Gasteiger partial charge in [-0.1, -0.05) is 17.7 Å². The lowest BCUT2D eigenvalue weighted by atomic mass is 10.0. The van der Waals surface area contributed by atoms with E-state index in [1.54, 1.807) is 6.07 Å². The Hall–Kier alpha value is -1.74. The zero-order valence-corrected chi connectivity index (χ0v) is 8.91. The Balaban J connectivity index is 2.46. The molecule has 16 heavy (non-hydrogen) atoms. The monoisotopic (exact) mass is 235 g/mol. The molecule has 0 radical (unpaired) electrons. The van der Waals surface area contributed by atoms with Crippen molar-refractivity contribution < 1.29 is 9.18 Å². The second-order valence-electron chi connectivity index (χ2n) is 3.17. The summed E-state index contributed by atoms with van der Waals surface area (Å²) in [4.78, 5) is 15.7. The molecule has 0 atom stereocenters. The Labute approximate surface area is 96.7 Å². The number of aromatic nitrogens is 1. The third-order valence-electron chi connectivity index (χ3n) is 2.14. The van der Waals surface area contributed by atoms with Crippen molar-refractivity contribution in [2.75, 3.05) is 0 Å². The standard InChI is InChI=1S/C12H7ClFNO/c13-10-3-1-2-9(11(10)14)12(16)8-4-6-15-7-5-8/h1-7H. The predicted octanol–water partition coefficient (Wildman–Crippen LogP) is 3.11. The van der Waals surface area contributed by atoms with Crippen molar-refractivity contribution >= 4 is 17.4 Å². The number of benzene rings is 1. The molecule has 0 spiro atoms. The van der Waals surface area contributed by atoms with Crippen LogP contribution in [0.1, 0.15) is 15.9 Å². The van der Waals surface area contributed by atoms with Crippen LogP contribution in [0.4, 0.5) is 4.39 Å². The molecule has 1 aromatic carbocycles. The lowest BCUT2D eigenvalue weighted by Gasteiger charge is -2.03. The lowest BCUT2D eigenvalue weighted by Crippen LogP contribution is -2.04. The van der Waals surface area contributed by atoms with E-state index in [0.717, 1.165) is 0 Å². The second kappa shape index (κ2) is 4.41. The van der Waals surface area contributed by atoms with E-state index >= 15 is 0 Å². The number of hydrogen-bond acceptors (Lipinski definition) is 2. The predicted molar refractivity (Wildman–Crippen MR) is 59.1 cm³/mol. The van der Waals surface area contributed by atoms with Gasteiger partial charge in [0.05, 0.1) is 10.6 Å². The molecule has 0 saturated heterocycles. The molecule has 0 aliphatic rings. The van der Waals surface area contributed by atoms with Crippen LogP contribution >= 0.6 is 11.6 Å². The molecule has 2 nitrogen and oxygen atoms in total. The summed E-state index contributed by atoms with van der Waals surface area (Å²) >= 11 is 5.61. The first-order valence-corrected chi connectivity index (χ1v) is 4.96. The van der Waals surface area contributed by atoms with E-state index in [4.69, 9.17) is 11.6 Å². The van der Waals surface area contributed by atoms with Crippen molar-refractivity contribution in [1.29, 1.82) is 0 Å². The topological polar surface area (TPSA) is 30.0 Å². The average Bonchev–Trinajstić information content (AvgIpc) is 2.33. The quantitative estimate of drug-likeness (QED) is 0.749. The van der Waals surface area contributed by atoms with Gasteiger partial charge in [-0.05, 0) is 24.3 Å². The number of hydrogen-bond donors (Lipinski definition) is 0. The molecule has 0 aliphatic carbocycles. The van der Waals surface area contributed by atoms with Gasteiger partial charge in [-0.3, -0.25) is 9.78 Å². The third-order valence-corrected chi connectivity index (χ3v) is 2.43. The fourth-order valence-electron chi connectivity index (χ4n) is 1.34. The molecule has 0 aliphatic heterocycles. The second-order valence-corrected chi connectivity index (χ2v) is 3.57. The summed E-state index contributed by atoms with van der Waals surface area (Å²) in [7, 11) is 0. The lowest BCUT2D eigenvalue weighted by molar-refractivity contribution is 0.103. The third kappa shape index (κ3) is 1.95. The smallest absolute Gasteiger partial charge is 0.196 e. The summed E-state index contributed by atoms with van der Waals surface area (Å²) < 4.78 is 13.6. The Morgan fingerprint density at radius 1 is 1.19 bits per heavy atom. The van der Waals surface area contributed by atoms with Gasteiger partial charge in [0, 0.05) is 18.0 Å². The summed E-state index contributed by atoms with van der Waals surface area (Å²) in [5.41, 5.74) is 0.356. The van der Waals surface area contributed by atoms with E-state index in [-0.39, 0.29) is 10.6 Å². The van der Waals surface area contributed by atoms with Crippen molar-refractivity contribution in [2.24, 2.45) is 0 Å². The van der Waals surface area contributed by atoms with Crippen LogP contribution < -0.4 is 0 Å². The van der Waals surface area contributed by atoms with Gasteiger partial charge in [0.25, 0.3) is 0 Å². The Morgan fingerprint density at radius 2 is 1.88 bits per heavy atom. The highest BCUT2D eigenvalue weighted by Crippen LogP contribution is 2.20. The van der Waals surface area contributed by atoms with Crippen LogP contribution in [-0.2, 0) is 0 Å². The minimum atomic E-state index is -0.689. The van der Waals surface area contributed by atoms with E-state index < -0.39 is 11.6 Å². The van der Waals surface area contributed by atoms with Gasteiger partial charge in [-0.15, -0.1) is 0 Å². The Bertz CT molecular complexity index is 528. The van der Waals surface area contributed by atoms with Crippen LogP contribution in [0.25, 0.3) is 0 Å². The molecule has 2 rings (SSSR count). The average molecular weight is 236 g/mol. The highest BCUT2D eigenvalue weighted by atomic mass is 35.5. The first kappa shape index (κ1) is 10.8. The summed E-state index contributed by atoms with van der Waals surface area (Å²) in [6.45, 7) is 0. The van der Waals surface area contributed by atoms with Gasteiger partial charge in [0.15, 0.2) is 11.6 Å². The molecule has 0 unspecified atom stereocenters. The number of halogens is 2. The molecule has 2 aromatic rings. The number of rotatable bonds is 2. The fourth-order valence-corrected chi connectivity index (χ4v) is 1.51. The van der Waals surface area contributed by atoms with Crippen LogP contribution in [0.3, 0.4) is 0 Å². The highest BCUT2D eigenvalue weighted by molar-refractivity contribution is 6.31. The highest BCUT2D eigenvalue weighted by Gasteiger charge is 2.15. The zero-order chi connectivity index (χ0) is 11.5. The van der Waals surface area contributed by atoms with Gasteiger partial charge in [0.1, 0.15) is 0 Å². The molecule has 1 aromatic heterocycles. The molecular weight excluding hydrogens is 229 g/mol. The maximum Gasteiger partial charge on any atom is 0.196 e. The first-order chi connectivity index (χ1) is 7.70. The molecular formula is C12H7ClFNO. The molecule has 1 heterocycles. The minimum Gasteiger partial charge on any atom is -0.288 e. The first-order valence-electron chi connectivity index (χ1n) is 4.59. The number of carbonyl (C=O) groups is 1. The van der Waals surface area contributed by atoms with Gasteiger partial charge < -0.3 is 0 Å². The summed E-state index contributed by atoms with van der Waals surface area (Å²) in [6, 6.07) is 7.41. The SMILES string of the molecule is O=C(c1ccncc1)c1cccc(Cl)c1F. The molecule has 0 bridgehead atoms. The van der Waals surface area contributed by atoms with Gasteiger partial charge >= 0.3 is 0 Å². The van der Waals surface area contributed by atoms with E-state index in [1.165, 1.54) is 36.7 Å². The molecule has 0 N–H and O–H groups in total. The number of ketones is 1. The van der Waals surface area contributed by atoms with E-state index in [9.17, 15) is 9.18 Å².